The quantitative estimate of drug-likeness (QED) is 0.235. The highest BCUT2D eigenvalue weighted by Crippen LogP contribution is 2.04. The molecule has 0 saturated heterocycles. The summed E-state index contributed by atoms with van der Waals surface area (Å²) in [6, 6.07) is 0. The van der Waals surface area contributed by atoms with Crippen LogP contribution in [-0.2, 0) is 24.4 Å². The van der Waals surface area contributed by atoms with Gasteiger partial charge in [-0.1, -0.05) is 12.2 Å². The lowest BCUT2D eigenvalue weighted by Gasteiger charge is -2.02. The van der Waals surface area contributed by atoms with E-state index in [1.54, 1.807) is 12.2 Å². The Morgan fingerprint density at radius 2 is 1.21 bits per heavy atom. The third kappa shape index (κ3) is 12.6. The van der Waals surface area contributed by atoms with Crippen molar-refractivity contribution >= 4 is 11.9 Å². The molecule has 0 aromatic carbocycles. The van der Waals surface area contributed by atoms with Crippen LogP contribution in [0.3, 0.4) is 0 Å². The van der Waals surface area contributed by atoms with Crippen LogP contribution in [0.4, 0.5) is 0 Å². The summed E-state index contributed by atoms with van der Waals surface area (Å²) in [5.74, 6) is -1.10. The van der Waals surface area contributed by atoms with Crippen LogP contribution < -0.4 is 0 Å². The van der Waals surface area contributed by atoms with E-state index in [1.165, 1.54) is 0 Å². The molecule has 19 heavy (non-hydrogen) atoms. The summed E-state index contributed by atoms with van der Waals surface area (Å²) in [5, 5.41) is 4.13. The van der Waals surface area contributed by atoms with Gasteiger partial charge in [-0.2, -0.15) is 0 Å². The van der Waals surface area contributed by atoms with Crippen molar-refractivity contribution < 1.29 is 24.4 Å². The van der Waals surface area contributed by atoms with Gasteiger partial charge in [0, 0.05) is 17.9 Å². The van der Waals surface area contributed by atoms with Gasteiger partial charge in [0.05, 0.1) is 0 Å². The van der Waals surface area contributed by atoms with Gasteiger partial charge in [0.2, 0.25) is 0 Å². The smallest absolute Gasteiger partial charge is 0.260 e. The van der Waals surface area contributed by atoms with E-state index < -0.39 is 11.9 Å². The number of hydrogen-bond acceptors (Lipinski definition) is 5. The van der Waals surface area contributed by atoms with Gasteiger partial charge in [-0.25, -0.2) is 9.59 Å². The molecule has 0 spiro atoms. The van der Waals surface area contributed by atoms with Gasteiger partial charge >= 0.3 is 11.9 Å². The minimum absolute atomic E-state index is 0.227. The summed E-state index contributed by atoms with van der Waals surface area (Å²) < 4.78 is 0. The highest BCUT2D eigenvalue weighted by Gasteiger charge is 2.08. The Morgan fingerprint density at radius 3 is 1.58 bits per heavy atom. The third-order valence-electron chi connectivity index (χ3n) is 2.33. The number of unbranched alkanes of at least 4 members (excludes halogenated alkanes) is 4. The molecule has 0 N–H and O–H groups in total. The van der Waals surface area contributed by atoms with E-state index in [0.29, 0.717) is 12.8 Å². The van der Waals surface area contributed by atoms with Crippen molar-refractivity contribution in [3.05, 3.63) is 25.3 Å². The van der Waals surface area contributed by atoms with Gasteiger partial charge < -0.3 is 0 Å². The molecule has 0 fully saturated rings. The van der Waals surface area contributed by atoms with Crippen LogP contribution in [0, 0.1) is 0 Å². The van der Waals surface area contributed by atoms with E-state index in [4.69, 9.17) is 0 Å². The van der Waals surface area contributed by atoms with Gasteiger partial charge in [-0.3, -0.25) is 9.78 Å². The topological polar surface area (TPSA) is 61.8 Å². The fourth-order valence-corrected chi connectivity index (χ4v) is 1.29. The lowest BCUT2D eigenvalue weighted by Crippen LogP contribution is -2.10. The predicted molar refractivity (Wildman–Crippen MR) is 70.6 cm³/mol. The highest BCUT2D eigenvalue weighted by atomic mass is 17.5. The number of allylic oxidation sites excluding steroid dienone is 2. The van der Waals surface area contributed by atoms with E-state index in [-0.39, 0.29) is 12.8 Å². The Morgan fingerprint density at radius 1 is 0.789 bits per heavy atom. The van der Waals surface area contributed by atoms with Crippen molar-refractivity contribution in [3.8, 4) is 0 Å². The highest BCUT2D eigenvalue weighted by molar-refractivity contribution is 5.69. The van der Waals surface area contributed by atoms with Gasteiger partial charge in [0.25, 0.3) is 0 Å². The average Bonchev–Trinajstić information content (AvgIpc) is 2.40. The van der Waals surface area contributed by atoms with Gasteiger partial charge in [-0.05, 0) is 38.5 Å². The van der Waals surface area contributed by atoms with Gasteiger partial charge in [-0.15, -0.1) is 13.2 Å². The minimum atomic E-state index is -0.552. The van der Waals surface area contributed by atoms with Crippen molar-refractivity contribution in [2.75, 3.05) is 0 Å². The molecular formula is C14H22O5. The molecule has 0 atom stereocenters. The number of carbonyl (C=O) groups is 2. The van der Waals surface area contributed by atoms with Crippen molar-refractivity contribution in [3.63, 3.8) is 0 Å². The first kappa shape index (κ1) is 17.4. The molecular weight excluding hydrogens is 248 g/mol. The van der Waals surface area contributed by atoms with E-state index in [2.05, 4.69) is 28.0 Å². The van der Waals surface area contributed by atoms with Crippen molar-refractivity contribution in [2.24, 2.45) is 0 Å². The minimum Gasteiger partial charge on any atom is -0.260 e. The molecule has 0 amide bonds. The molecule has 0 radical (unpaired) electrons. The summed E-state index contributed by atoms with van der Waals surface area (Å²) in [5.41, 5.74) is 0. The summed E-state index contributed by atoms with van der Waals surface area (Å²) in [6.07, 6.45) is 8.83. The zero-order valence-corrected chi connectivity index (χ0v) is 11.3. The van der Waals surface area contributed by atoms with Crippen LogP contribution >= 0.6 is 0 Å². The van der Waals surface area contributed by atoms with E-state index in [9.17, 15) is 9.59 Å². The standard InChI is InChI=1S/C14H22O5/c1-3-5-7-9-11-13(15)17-19-18-14(16)12-10-8-6-4-2/h3-4H,1-2,5-12H2. The lowest BCUT2D eigenvalue weighted by atomic mass is 10.2. The first-order valence-electron chi connectivity index (χ1n) is 6.49. The average molecular weight is 270 g/mol. The molecule has 0 aromatic rings. The third-order valence-corrected chi connectivity index (χ3v) is 2.33. The monoisotopic (exact) mass is 270 g/mol. The first-order valence-corrected chi connectivity index (χ1v) is 6.49. The summed E-state index contributed by atoms with van der Waals surface area (Å²) in [6.45, 7) is 7.16. The zero-order valence-electron chi connectivity index (χ0n) is 11.3. The maximum atomic E-state index is 11.1. The number of rotatable bonds is 12. The van der Waals surface area contributed by atoms with Crippen LogP contribution in [0.25, 0.3) is 0 Å². The largest absolute Gasteiger partial charge is 0.346 e. The Bertz CT molecular complexity index is 258. The van der Waals surface area contributed by atoms with Crippen LogP contribution in [-0.4, -0.2) is 11.9 Å². The molecule has 0 heterocycles. The molecule has 0 unspecified atom stereocenters. The predicted octanol–water partition coefficient (Wildman–Crippen LogP) is 3.41. The van der Waals surface area contributed by atoms with Crippen molar-refractivity contribution in [2.45, 2.75) is 51.4 Å². The molecule has 0 bridgehead atoms. The Balaban J connectivity index is 3.40. The maximum absolute atomic E-state index is 11.1. The molecule has 0 rings (SSSR count). The summed E-state index contributed by atoms with van der Waals surface area (Å²) >= 11 is 0. The Kier molecular flexibility index (Phi) is 11.7. The fraction of sp³-hybridized carbons (Fsp3) is 0.571. The Hall–Kier alpha value is -1.62. The second-order valence-corrected chi connectivity index (χ2v) is 4.05. The number of carbonyl (C=O) groups excluding carboxylic acids is 2. The van der Waals surface area contributed by atoms with Crippen LogP contribution in [0.5, 0.6) is 0 Å². The Labute approximate surface area is 114 Å². The van der Waals surface area contributed by atoms with Crippen molar-refractivity contribution in [1.82, 2.24) is 0 Å². The normalized spacial score (nSPS) is 9.68. The fourth-order valence-electron chi connectivity index (χ4n) is 1.29. The number of hydrogen-bond donors (Lipinski definition) is 0. The maximum Gasteiger partial charge on any atom is 0.346 e. The molecule has 108 valence electrons. The summed E-state index contributed by atoms with van der Waals surface area (Å²) in [7, 11) is 0. The van der Waals surface area contributed by atoms with Crippen LogP contribution in [0.1, 0.15) is 51.4 Å². The van der Waals surface area contributed by atoms with Gasteiger partial charge in [0.1, 0.15) is 0 Å². The SMILES string of the molecule is C=CCCCCC(=O)OOOC(=O)CCCCC=C. The molecule has 0 aliphatic heterocycles. The van der Waals surface area contributed by atoms with Gasteiger partial charge in [0.15, 0.2) is 0 Å². The van der Waals surface area contributed by atoms with Crippen LogP contribution in [0.2, 0.25) is 0 Å². The summed E-state index contributed by atoms with van der Waals surface area (Å²) in [4.78, 5) is 30.8. The van der Waals surface area contributed by atoms with E-state index in [1.807, 2.05) is 0 Å². The second kappa shape index (κ2) is 12.8. The van der Waals surface area contributed by atoms with E-state index >= 15 is 0 Å². The molecule has 0 aromatic heterocycles. The van der Waals surface area contributed by atoms with Crippen molar-refractivity contribution in [1.29, 1.82) is 0 Å². The molecule has 0 aliphatic rings. The second-order valence-electron chi connectivity index (χ2n) is 4.05. The van der Waals surface area contributed by atoms with Crippen LogP contribution in [0.15, 0.2) is 25.3 Å². The van der Waals surface area contributed by atoms with E-state index in [0.717, 1.165) is 25.7 Å². The first-order chi connectivity index (χ1) is 9.20. The molecule has 5 nitrogen and oxygen atoms in total. The molecule has 0 aliphatic carbocycles. The lowest BCUT2D eigenvalue weighted by molar-refractivity contribution is -0.459. The molecule has 0 saturated carbocycles. The zero-order chi connectivity index (χ0) is 14.3. The molecule has 5 heteroatoms.